The number of alkyl halides is 3. The number of methoxy groups -OCH3 is 1. The number of nitrogens with zero attached hydrogens (tertiary/aromatic N) is 5. The topological polar surface area (TPSA) is 256 Å². The van der Waals surface area contributed by atoms with Gasteiger partial charge in [-0.1, -0.05) is 43.5 Å². The van der Waals surface area contributed by atoms with Gasteiger partial charge in [0.1, 0.15) is 22.9 Å². The number of H-pyrrole nitrogens is 1. The fraction of sp³-hybridized carbons (Fsp3) is 0.367. The first-order valence-corrected chi connectivity index (χ1v) is 23.1. The molecule has 71 heavy (non-hydrogen) atoms. The number of fused-ring (bicyclic) bond motifs is 1. The van der Waals surface area contributed by atoms with E-state index in [-0.39, 0.29) is 92.2 Å². The third kappa shape index (κ3) is 13.5. The van der Waals surface area contributed by atoms with Crippen molar-refractivity contribution in [1.29, 1.82) is 0 Å². The lowest BCUT2D eigenvalue weighted by molar-refractivity contribution is -0.137. The summed E-state index contributed by atoms with van der Waals surface area (Å²) in [6.07, 6.45) is 7.89. The predicted molar refractivity (Wildman–Crippen MR) is 257 cm³/mol. The molecule has 374 valence electrons. The third-order valence-corrected chi connectivity index (χ3v) is 11.9. The van der Waals surface area contributed by atoms with E-state index in [0.29, 0.717) is 58.5 Å². The highest BCUT2D eigenvalue weighted by Crippen LogP contribution is 2.34. The minimum Gasteiger partial charge on any atom is -0.495 e. The summed E-state index contributed by atoms with van der Waals surface area (Å²) in [5.74, 6) is -1.63. The Bertz CT molecular complexity index is 2780. The van der Waals surface area contributed by atoms with Gasteiger partial charge in [0.15, 0.2) is 0 Å². The monoisotopic (exact) mass is 981 g/mol. The van der Waals surface area contributed by atoms with Crippen LogP contribution in [0.4, 0.5) is 35.3 Å². The number of anilines is 3. The highest BCUT2D eigenvalue weighted by molar-refractivity contribution is 6.08. The van der Waals surface area contributed by atoms with E-state index < -0.39 is 29.6 Å². The third-order valence-electron chi connectivity index (χ3n) is 11.9. The molecule has 1 aliphatic heterocycles. The lowest BCUT2D eigenvalue weighted by Crippen LogP contribution is -2.49. The number of nitrogens with two attached hydrogens (primary N) is 1. The molecule has 0 bridgehead atoms. The number of unbranched alkanes of at least 4 members (excludes halogenated alkanes) is 1. The van der Waals surface area contributed by atoms with Crippen LogP contribution in [0.2, 0.25) is 0 Å². The Morgan fingerprint density at radius 3 is 2.49 bits per heavy atom. The molecule has 2 aliphatic rings. The summed E-state index contributed by atoms with van der Waals surface area (Å²) in [6.45, 7) is 0.610. The van der Waals surface area contributed by atoms with Crippen LogP contribution in [0.5, 0.6) is 5.75 Å². The Morgan fingerprint density at radius 1 is 0.972 bits per heavy atom. The number of amides is 7. The number of aromatic amines is 1. The molecule has 0 spiro atoms. The van der Waals surface area contributed by atoms with E-state index in [4.69, 9.17) is 15.2 Å². The van der Waals surface area contributed by atoms with Crippen LogP contribution in [0, 0.1) is 0 Å². The van der Waals surface area contributed by atoms with Crippen LogP contribution in [-0.4, -0.2) is 113 Å². The molecule has 7 N–H and O–H groups in total. The van der Waals surface area contributed by atoms with Crippen molar-refractivity contribution in [2.24, 2.45) is 0 Å². The normalized spacial score (nSPS) is 14.3. The van der Waals surface area contributed by atoms with E-state index in [2.05, 4.69) is 41.4 Å². The number of imide groups is 1. The number of urea groups is 1. The SMILES string of the molecule is COc1ccc(C(=O)NCCOCCC(=O)N(CCC/C=C/c2cnc(N)c3c(-c4ccc(C(=O)Nc5cc(C(F)(F)F)ccn5)cc4)[nH]nc23)CC(=O)NC2CCCCC2)cc1N1CCC(=O)NC1=O. The molecule has 7 rings (SSSR count). The van der Waals surface area contributed by atoms with Gasteiger partial charge in [0, 0.05) is 66.7 Å². The van der Waals surface area contributed by atoms with Crippen molar-refractivity contribution in [2.45, 2.75) is 70.0 Å². The number of nitrogens with one attached hydrogen (secondary N) is 5. The number of hydrogen-bond donors (Lipinski definition) is 6. The number of carbonyl (C=O) groups is 6. The molecule has 1 saturated carbocycles. The van der Waals surface area contributed by atoms with E-state index in [9.17, 15) is 41.9 Å². The molecule has 1 aliphatic carbocycles. The first-order chi connectivity index (χ1) is 34.2. The maximum absolute atomic E-state index is 13.5. The van der Waals surface area contributed by atoms with Gasteiger partial charge in [0.2, 0.25) is 17.7 Å². The molecule has 4 heterocycles. The zero-order chi connectivity index (χ0) is 50.5. The smallest absolute Gasteiger partial charge is 0.416 e. The van der Waals surface area contributed by atoms with Crippen molar-refractivity contribution >= 4 is 69.9 Å². The first-order valence-electron chi connectivity index (χ1n) is 23.1. The second-order valence-corrected chi connectivity index (χ2v) is 16.9. The standard InChI is InChI=1S/C49H54F3N11O8/c1-70-37-16-15-32(26-36(37)63-23-18-39(64)59-48(63)69)46(67)55-21-25-71-24-19-41(66)62(29-40(65)57-35-9-5-2-6-10-35)22-7-3-4-8-33-28-56-45(53)42-43(60-61-44(33)42)30-11-13-31(14-12-30)47(68)58-38-27-34(17-20-54-38)49(50,51)52/h4,8,11-17,20,26-28,35H,2-3,5-7,9-10,18-19,21-25,29H2,1H3,(H2,53,56)(H,55,67)(H,57,65)(H,60,61)(H,54,58,68)(H,59,64,69)/b8-4+. The molecule has 0 radical (unpaired) electrons. The minimum atomic E-state index is -4.59. The van der Waals surface area contributed by atoms with Gasteiger partial charge in [-0.15, -0.1) is 0 Å². The summed E-state index contributed by atoms with van der Waals surface area (Å²) in [7, 11) is 1.44. The minimum absolute atomic E-state index is 0.00648. The van der Waals surface area contributed by atoms with Crippen molar-refractivity contribution in [2.75, 3.05) is 62.5 Å². The number of nitrogen functional groups attached to an aromatic ring is 1. The Kier molecular flexibility index (Phi) is 17.0. The second-order valence-electron chi connectivity index (χ2n) is 16.9. The first kappa shape index (κ1) is 51.0. The summed E-state index contributed by atoms with van der Waals surface area (Å²) < 4.78 is 50.5. The van der Waals surface area contributed by atoms with Gasteiger partial charge in [-0.3, -0.25) is 39.3 Å². The maximum atomic E-state index is 13.5. The number of pyridine rings is 2. The summed E-state index contributed by atoms with van der Waals surface area (Å²) in [6, 6.07) is 12.0. The number of carbonyl (C=O) groups excluding carboxylic acids is 6. The van der Waals surface area contributed by atoms with Crippen molar-refractivity contribution < 1.29 is 51.4 Å². The number of hydrogen-bond acceptors (Lipinski definition) is 12. The Labute approximate surface area is 406 Å². The molecule has 3 aromatic heterocycles. The van der Waals surface area contributed by atoms with Crippen LogP contribution >= 0.6 is 0 Å². The van der Waals surface area contributed by atoms with Gasteiger partial charge in [-0.2, -0.15) is 18.3 Å². The van der Waals surface area contributed by atoms with Gasteiger partial charge < -0.3 is 36.1 Å². The number of halogens is 3. The quantitative estimate of drug-likeness (QED) is 0.0475. The van der Waals surface area contributed by atoms with E-state index >= 15 is 0 Å². The van der Waals surface area contributed by atoms with Gasteiger partial charge in [-0.05, 0) is 68.1 Å². The number of rotatable bonds is 20. The summed E-state index contributed by atoms with van der Waals surface area (Å²) >= 11 is 0. The lowest BCUT2D eigenvalue weighted by Gasteiger charge is -2.28. The summed E-state index contributed by atoms with van der Waals surface area (Å²) in [5, 5.41) is 18.5. The zero-order valence-corrected chi connectivity index (χ0v) is 38.9. The van der Waals surface area contributed by atoms with E-state index in [1.54, 1.807) is 30.5 Å². The Balaban J connectivity index is 0.911. The fourth-order valence-corrected chi connectivity index (χ4v) is 8.24. The van der Waals surface area contributed by atoms with Crippen molar-refractivity contribution in [1.82, 2.24) is 41.0 Å². The molecular weight excluding hydrogens is 928 g/mol. The number of ether oxygens (including phenoxy) is 2. The molecule has 19 nitrogen and oxygen atoms in total. The highest BCUT2D eigenvalue weighted by atomic mass is 19.4. The van der Waals surface area contributed by atoms with Crippen LogP contribution < -0.4 is 36.6 Å². The zero-order valence-electron chi connectivity index (χ0n) is 38.9. The molecule has 7 amide bonds. The van der Waals surface area contributed by atoms with Crippen molar-refractivity contribution in [3.63, 3.8) is 0 Å². The number of aromatic nitrogens is 4. The van der Waals surface area contributed by atoms with Crippen LogP contribution in [-0.2, 0) is 25.3 Å². The second kappa shape index (κ2) is 23.6. The fourth-order valence-electron chi connectivity index (χ4n) is 8.24. The van der Waals surface area contributed by atoms with Crippen molar-refractivity contribution in [3.8, 4) is 17.0 Å². The molecule has 22 heteroatoms. The van der Waals surface area contributed by atoms with Gasteiger partial charge >= 0.3 is 12.2 Å². The predicted octanol–water partition coefficient (Wildman–Crippen LogP) is 6.24. The summed E-state index contributed by atoms with van der Waals surface area (Å²) in [4.78, 5) is 87.7. The van der Waals surface area contributed by atoms with Crippen molar-refractivity contribution in [3.05, 3.63) is 95.3 Å². The van der Waals surface area contributed by atoms with E-state index in [0.717, 1.165) is 50.4 Å². The average molecular weight is 982 g/mol. The van der Waals surface area contributed by atoms with Crippen LogP contribution in [0.15, 0.2) is 73.1 Å². The maximum Gasteiger partial charge on any atom is 0.416 e. The van der Waals surface area contributed by atoms with Gasteiger partial charge in [0.05, 0.1) is 55.6 Å². The van der Waals surface area contributed by atoms with Crippen LogP contribution in [0.25, 0.3) is 28.2 Å². The number of allylic oxidation sites excluding steroid dienone is 1. The molecule has 2 fully saturated rings. The largest absolute Gasteiger partial charge is 0.495 e. The molecule has 1 saturated heterocycles. The summed E-state index contributed by atoms with van der Waals surface area (Å²) in [5.41, 5.74) is 8.52. The van der Waals surface area contributed by atoms with Crippen LogP contribution in [0.1, 0.15) is 89.6 Å². The van der Waals surface area contributed by atoms with Gasteiger partial charge in [0.25, 0.3) is 11.8 Å². The number of benzene rings is 2. The van der Waals surface area contributed by atoms with E-state index in [1.807, 2.05) is 12.2 Å². The van der Waals surface area contributed by atoms with Gasteiger partial charge in [-0.25, -0.2) is 14.8 Å². The molecule has 0 atom stereocenters. The highest BCUT2D eigenvalue weighted by Gasteiger charge is 2.31. The lowest BCUT2D eigenvalue weighted by atomic mass is 9.95. The Hall–Kier alpha value is -7.88. The van der Waals surface area contributed by atoms with E-state index in [1.165, 1.54) is 35.1 Å². The molecular formula is C49H54F3N11O8. The molecule has 5 aromatic rings. The van der Waals surface area contributed by atoms with Crippen LogP contribution in [0.3, 0.4) is 0 Å². The molecule has 0 unspecified atom stereocenters. The Morgan fingerprint density at radius 2 is 1.75 bits per heavy atom. The average Bonchev–Trinajstić information content (AvgIpc) is 3.82. The molecule has 2 aromatic carbocycles.